The SMILES string of the molecule is O=C(O)CN(Cc1cc(-c2ccccc2)on1)CC1CC1. The number of aliphatic carboxylic acids is 1. The van der Waals surface area contributed by atoms with Crippen LogP contribution in [0.4, 0.5) is 0 Å². The zero-order chi connectivity index (χ0) is 14.7. The predicted molar refractivity (Wildman–Crippen MR) is 77.6 cm³/mol. The molecular weight excluding hydrogens is 268 g/mol. The molecule has 0 atom stereocenters. The Bertz CT molecular complexity index is 605. The fourth-order valence-electron chi connectivity index (χ4n) is 2.40. The summed E-state index contributed by atoms with van der Waals surface area (Å²) in [6.45, 7) is 1.38. The van der Waals surface area contributed by atoms with E-state index in [4.69, 9.17) is 9.63 Å². The molecule has 0 spiro atoms. The highest BCUT2D eigenvalue weighted by Crippen LogP contribution is 2.30. The summed E-state index contributed by atoms with van der Waals surface area (Å²) >= 11 is 0. The van der Waals surface area contributed by atoms with Gasteiger partial charge in [-0.1, -0.05) is 35.5 Å². The zero-order valence-electron chi connectivity index (χ0n) is 11.7. The first-order valence-electron chi connectivity index (χ1n) is 7.16. The third kappa shape index (κ3) is 3.92. The molecule has 0 unspecified atom stereocenters. The molecule has 0 saturated heterocycles. The van der Waals surface area contributed by atoms with Crippen molar-refractivity contribution in [1.82, 2.24) is 10.1 Å². The van der Waals surface area contributed by atoms with Crippen LogP contribution >= 0.6 is 0 Å². The van der Waals surface area contributed by atoms with Gasteiger partial charge >= 0.3 is 5.97 Å². The van der Waals surface area contributed by atoms with E-state index in [0.29, 0.717) is 18.2 Å². The Morgan fingerprint density at radius 3 is 2.76 bits per heavy atom. The second-order valence-corrected chi connectivity index (χ2v) is 5.56. The standard InChI is InChI=1S/C16H18N2O3/c19-16(20)11-18(9-12-6-7-12)10-14-8-15(21-17-14)13-4-2-1-3-5-13/h1-5,8,12H,6-7,9-11H2,(H,19,20). The van der Waals surface area contributed by atoms with Crippen molar-refractivity contribution >= 4 is 5.97 Å². The minimum Gasteiger partial charge on any atom is -0.480 e. The smallest absolute Gasteiger partial charge is 0.317 e. The maximum atomic E-state index is 10.9. The maximum absolute atomic E-state index is 10.9. The Balaban J connectivity index is 1.68. The van der Waals surface area contributed by atoms with Crippen LogP contribution in [-0.4, -0.2) is 34.2 Å². The van der Waals surface area contributed by atoms with Crippen molar-refractivity contribution in [2.24, 2.45) is 5.92 Å². The fraction of sp³-hybridized carbons (Fsp3) is 0.375. The molecule has 1 N–H and O–H groups in total. The van der Waals surface area contributed by atoms with E-state index in [-0.39, 0.29) is 6.54 Å². The van der Waals surface area contributed by atoms with Gasteiger partial charge in [0, 0.05) is 24.7 Å². The number of hydrogen-bond donors (Lipinski definition) is 1. The second kappa shape index (κ2) is 6.10. The van der Waals surface area contributed by atoms with Crippen LogP contribution < -0.4 is 0 Å². The van der Waals surface area contributed by atoms with Gasteiger partial charge in [0.05, 0.1) is 12.2 Å². The van der Waals surface area contributed by atoms with Crippen LogP contribution in [0.2, 0.25) is 0 Å². The Kier molecular flexibility index (Phi) is 4.01. The number of carbonyl (C=O) groups is 1. The van der Waals surface area contributed by atoms with E-state index >= 15 is 0 Å². The van der Waals surface area contributed by atoms with Gasteiger partial charge in [-0.05, 0) is 18.8 Å². The first-order chi connectivity index (χ1) is 10.2. The number of hydrogen-bond acceptors (Lipinski definition) is 4. The molecule has 2 aromatic rings. The predicted octanol–water partition coefficient (Wildman–Crippen LogP) is 2.64. The van der Waals surface area contributed by atoms with Crippen LogP contribution in [0, 0.1) is 5.92 Å². The lowest BCUT2D eigenvalue weighted by Crippen LogP contribution is -2.31. The Hall–Kier alpha value is -2.14. The maximum Gasteiger partial charge on any atom is 0.317 e. The van der Waals surface area contributed by atoms with Crippen molar-refractivity contribution in [3.05, 3.63) is 42.1 Å². The molecule has 0 amide bonds. The molecule has 1 saturated carbocycles. The highest BCUT2D eigenvalue weighted by Gasteiger charge is 2.25. The summed E-state index contributed by atoms with van der Waals surface area (Å²) in [6, 6.07) is 11.7. The third-order valence-electron chi connectivity index (χ3n) is 3.58. The van der Waals surface area contributed by atoms with E-state index in [1.807, 2.05) is 41.3 Å². The van der Waals surface area contributed by atoms with E-state index in [2.05, 4.69) is 5.16 Å². The van der Waals surface area contributed by atoms with E-state index in [1.165, 1.54) is 12.8 Å². The first kappa shape index (κ1) is 13.8. The fourth-order valence-corrected chi connectivity index (χ4v) is 2.40. The Morgan fingerprint density at radius 2 is 2.10 bits per heavy atom. The van der Waals surface area contributed by atoms with Crippen molar-refractivity contribution in [2.75, 3.05) is 13.1 Å². The van der Waals surface area contributed by atoms with Gasteiger partial charge in [-0.3, -0.25) is 9.69 Å². The topological polar surface area (TPSA) is 66.6 Å². The summed E-state index contributed by atoms with van der Waals surface area (Å²) < 4.78 is 5.35. The number of benzene rings is 1. The van der Waals surface area contributed by atoms with Crippen molar-refractivity contribution in [2.45, 2.75) is 19.4 Å². The molecule has 1 fully saturated rings. The van der Waals surface area contributed by atoms with Crippen molar-refractivity contribution < 1.29 is 14.4 Å². The average Bonchev–Trinajstić information content (AvgIpc) is 3.15. The van der Waals surface area contributed by atoms with Crippen LogP contribution in [0.15, 0.2) is 40.9 Å². The molecule has 0 radical (unpaired) electrons. The molecular formula is C16H18N2O3. The summed E-state index contributed by atoms with van der Waals surface area (Å²) in [5.41, 5.74) is 1.75. The highest BCUT2D eigenvalue weighted by atomic mass is 16.5. The monoisotopic (exact) mass is 286 g/mol. The molecule has 21 heavy (non-hydrogen) atoms. The second-order valence-electron chi connectivity index (χ2n) is 5.56. The molecule has 1 aliphatic carbocycles. The Morgan fingerprint density at radius 1 is 1.33 bits per heavy atom. The molecule has 110 valence electrons. The molecule has 1 heterocycles. The summed E-state index contributed by atoms with van der Waals surface area (Å²) in [5, 5.41) is 13.1. The molecule has 5 heteroatoms. The quantitative estimate of drug-likeness (QED) is 0.847. The molecule has 5 nitrogen and oxygen atoms in total. The van der Waals surface area contributed by atoms with Crippen LogP contribution in [0.1, 0.15) is 18.5 Å². The minimum absolute atomic E-state index is 0.0457. The van der Waals surface area contributed by atoms with Gasteiger partial charge < -0.3 is 9.63 Å². The molecule has 1 aromatic carbocycles. The molecule has 0 bridgehead atoms. The van der Waals surface area contributed by atoms with Gasteiger partial charge in [0.2, 0.25) is 0 Å². The van der Waals surface area contributed by atoms with Gasteiger partial charge in [0.25, 0.3) is 0 Å². The Labute approximate surface area is 123 Å². The lowest BCUT2D eigenvalue weighted by atomic mass is 10.1. The number of carboxylic acids is 1. The number of nitrogens with zero attached hydrogens (tertiary/aromatic N) is 2. The van der Waals surface area contributed by atoms with Gasteiger partial charge in [-0.2, -0.15) is 0 Å². The first-order valence-corrected chi connectivity index (χ1v) is 7.16. The third-order valence-corrected chi connectivity index (χ3v) is 3.58. The van der Waals surface area contributed by atoms with E-state index < -0.39 is 5.97 Å². The van der Waals surface area contributed by atoms with Crippen molar-refractivity contribution in [3.63, 3.8) is 0 Å². The largest absolute Gasteiger partial charge is 0.480 e. The summed E-state index contributed by atoms with van der Waals surface area (Å²) in [6.07, 6.45) is 2.40. The molecule has 1 aliphatic rings. The summed E-state index contributed by atoms with van der Waals surface area (Å²) in [7, 11) is 0. The zero-order valence-corrected chi connectivity index (χ0v) is 11.7. The van der Waals surface area contributed by atoms with E-state index in [1.54, 1.807) is 0 Å². The minimum atomic E-state index is -0.803. The molecule has 0 aliphatic heterocycles. The highest BCUT2D eigenvalue weighted by molar-refractivity contribution is 5.69. The molecule has 1 aromatic heterocycles. The van der Waals surface area contributed by atoms with Crippen molar-refractivity contribution in [3.8, 4) is 11.3 Å². The van der Waals surface area contributed by atoms with E-state index in [9.17, 15) is 4.79 Å². The lowest BCUT2D eigenvalue weighted by Gasteiger charge is -2.18. The number of aromatic nitrogens is 1. The number of carboxylic acid groups (broad SMARTS) is 1. The lowest BCUT2D eigenvalue weighted by molar-refractivity contribution is -0.138. The van der Waals surface area contributed by atoms with Gasteiger partial charge in [0.1, 0.15) is 0 Å². The summed E-state index contributed by atoms with van der Waals surface area (Å²) in [5.74, 6) is 0.555. The van der Waals surface area contributed by atoms with Crippen LogP contribution in [0.25, 0.3) is 11.3 Å². The van der Waals surface area contributed by atoms with Crippen molar-refractivity contribution in [1.29, 1.82) is 0 Å². The van der Waals surface area contributed by atoms with Gasteiger partial charge in [-0.15, -0.1) is 0 Å². The summed E-state index contributed by atoms with van der Waals surface area (Å²) in [4.78, 5) is 12.9. The van der Waals surface area contributed by atoms with Gasteiger partial charge in [-0.25, -0.2) is 0 Å². The van der Waals surface area contributed by atoms with Crippen LogP contribution in [0.5, 0.6) is 0 Å². The number of rotatable bonds is 7. The normalized spacial score (nSPS) is 14.5. The van der Waals surface area contributed by atoms with Crippen LogP contribution in [0.3, 0.4) is 0 Å². The van der Waals surface area contributed by atoms with Crippen LogP contribution in [-0.2, 0) is 11.3 Å². The molecule has 3 rings (SSSR count). The average molecular weight is 286 g/mol. The van der Waals surface area contributed by atoms with Gasteiger partial charge in [0.15, 0.2) is 5.76 Å². The van der Waals surface area contributed by atoms with E-state index in [0.717, 1.165) is 17.8 Å².